The zero-order chi connectivity index (χ0) is 15.0. The van der Waals surface area contributed by atoms with Gasteiger partial charge in [-0.15, -0.1) is 0 Å². The number of nitrogens with zero attached hydrogens (tertiary/aromatic N) is 2. The summed E-state index contributed by atoms with van der Waals surface area (Å²) in [5.41, 5.74) is 0.684. The van der Waals surface area contributed by atoms with Gasteiger partial charge >= 0.3 is 6.09 Å². The molecule has 2 saturated heterocycles. The van der Waals surface area contributed by atoms with E-state index in [0.29, 0.717) is 19.3 Å². The molecular formula is C16H17BrN2O2. The molecular weight excluding hydrogens is 332 g/mol. The molecule has 0 aliphatic carbocycles. The van der Waals surface area contributed by atoms with Crippen LogP contribution in [0.5, 0.6) is 0 Å². The first-order valence-corrected chi connectivity index (χ1v) is 8.00. The number of hydrogen-bond donors (Lipinski definition) is 1. The minimum absolute atomic E-state index is 0.00314. The first-order valence-electron chi connectivity index (χ1n) is 7.20. The Balaban J connectivity index is 1.86. The minimum Gasteiger partial charge on any atom is -0.465 e. The number of amides is 1. The van der Waals surface area contributed by atoms with Crippen LogP contribution in [0.3, 0.4) is 0 Å². The molecule has 1 aromatic carbocycles. The topological polar surface area (TPSA) is 64.3 Å². The minimum atomic E-state index is -0.838. The Labute approximate surface area is 132 Å². The lowest BCUT2D eigenvalue weighted by Gasteiger charge is -2.42. The second-order valence-electron chi connectivity index (χ2n) is 6.14. The van der Waals surface area contributed by atoms with E-state index in [2.05, 4.69) is 22.0 Å². The van der Waals surface area contributed by atoms with Crippen molar-refractivity contribution < 1.29 is 9.90 Å². The molecule has 0 radical (unpaired) electrons. The molecule has 110 valence electrons. The van der Waals surface area contributed by atoms with Gasteiger partial charge in [0.2, 0.25) is 0 Å². The lowest BCUT2D eigenvalue weighted by molar-refractivity contribution is 0.0658. The van der Waals surface area contributed by atoms with Gasteiger partial charge in [-0.25, -0.2) is 4.79 Å². The van der Waals surface area contributed by atoms with E-state index in [4.69, 9.17) is 0 Å². The summed E-state index contributed by atoms with van der Waals surface area (Å²) >= 11 is 3.54. The fourth-order valence-corrected chi connectivity index (χ4v) is 4.37. The van der Waals surface area contributed by atoms with Crippen LogP contribution >= 0.6 is 15.9 Å². The highest BCUT2D eigenvalue weighted by atomic mass is 79.9. The first-order chi connectivity index (χ1) is 10.0. The number of carbonyl (C=O) groups is 1. The Kier molecular flexibility index (Phi) is 3.66. The molecule has 1 N–H and O–H groups in total. The molecule has 2 aliphatic rings. The standard InChI is InChI=1S/C16H17BrN2O2/c17-14-4-2-1-3-11(14)7-16(10-18)8-12-5-6-13(9-16)19(12)15(20)21/h1-4,12-13H,5-9H2,(H,20,21)/t12-,13+,16-. The fraction of sp³-hybridized carbons (Fsp3) is 0.500. The molecule has 2 aliphatic heterocycles. The molecule has 0 aromatic heterocycles. The van der Waals surface area contributed by atoms with Gasteiger partial charge in [-0.3, -0.25) is 0 Å². The summed E-state index contributed by atoms with van der Waals surface area (Å²) in [6, 6.07) is 10.5. The maximum atomic E-state index is 11.4. The average molecular weight is 349 g/mol. The van der Waals surface area contributed by atoms with Gasteiger partial charge in [0.1, 0.15) is 0 Å². The maximum Gasteiger partial charge on any atom is 0.407 e. The zero-order valence-corrected chi connectivity index (χ0v) is 13.2. The molecule has 0 unspecified atom stereocenters. The lowest BCUT2D eigenvalue weighted by atomic mass is 9.72. The molecule has 1 aromatic rings. The smallest absolute Gasteiger partial charge is 0.407 e. The Morgan fingerprint density at radius 2 is 2.00 bits per heavy atom. The van der Waals surface area contributed by atoms with Crippen molar-refractivity contribution in [3.63, 3.8) is 0 Å². The molecule has 3 rings (SSSR count). The quantitative estimate of drug-likeness (QED) is 0.883. The number of benzene rings is 1. The summed E-state index contributed by atoms with van der Waals surface area (Å²) in [5, 5.41) is 19.1. The third-order valence-corrected chi connectivity index (χ3v) is 5.59. The molecule has 3 atom stereocenters. The summed E-state index contributed by atoms with van der Waals surface area (Å²) in [6.07, 6.45) is 2.91. The van der Waals surface area contributed by atoms with Gasteiger partial charge in [0, 0.05) is 16.6 Å². The van der Waals surface area contributed by atoms with Crippen molar-refractivity contribution in [3.8, 4) is 6.07 Å². The van der Waals surface area contributed by atoms with Crippen LogP contribution in [0.15, 0.2) is 28.7 Å². The third kappa shape index (κ3) is 2.53. The second-order valence-corrected chi connectivity index (χ2v) is 7.00. The highest BCUT2D eigenvalue weighted by Crippen LogP contribution is 2.47. The van der Waals surface area contributed by atoms with Crippen molar-refractivity contribution in [2.75, 3.05) is 0 Å². The van der Waals surface area contributed by atoms with E-state index in [9.17, 15) is 15.2 Å². The Bertz CT molecular complexity index is 597. The molecule has 2 bridgehead atoms. The van der Waals surface area contributed by atoms with Crippen molar-refractivity contribution in [1.29, 1.82) is 5.26 Å². The number of hydrogen-bond acceptors (Lipinski definition) is 2. The molecule has 5 heteroatoms. The zero-order valence-electron chi connectivity index (χ0n) is 11.6. The van der Waals surface area contributed by atoms with Gasteiger partial charge in [-0.2, -0.15) is 5.26 Å². The van der Waals surface area contributed by atoms with E-state index >= 15 is 0 Å². The molecule has 21 heavy (non-hydrogen) atoms. The van der Waals surface area contributed by atoms with Gasteiger partial charge < -0.3 is 10.0 Å². The molecule has 0 spiro atoms. The monoisotopic (exact) mass is 348 g/mol. The van der Waals surface area contributed by atoms with Crippen LogP contribution in [-0.4, -0.2) is 28.2 Å². The fourth-order valence-electron chi connectivity index (χ4n) is 3.94. The Morgan fingerprint density at radius 1 is 1.38 bits per heavy atom. The van der Waals surface area contributed by atoms with Crippen LogP contribution in [0.4, 0.5) is 4.79 Å². The van der Waals surface area contributed by atoms with E-state index < -0.39 is 11.5 Å². The van der Waals surface area contributed by atoms with Crippen LogP contribution in [0.2, 0.25) is 0 Å². The van der Waals surface area contributed by atoms with Crippen LogP contribution < -0.4 is 0 Å². The van der Waals surface area contributed by atoms with Gasteiger partial charge in [0.05, 0.1) is 11.5 Å². The summed E-state index contributed by atoms with van der Waals surface area (Å²) in [4.78, 5) is 12.9. The molecule has 2 fully saturated rings. The van der Waals surface area contributed by atoms with E-state index in [1.807, 2.05) is 24.3 Å². The first kappa shape index (κ1) is 14.4. The van der Waals surface area contributed by atoms with Gasteiger partial charge in [0.15, 0.2) is 0 Å². The van der Waals surface area contributed by atoms with Crippen LogP contribution in [0.1, 0.15) is 31.2 Å². The van der Waals surface area contributed by atoms with Crippen molar-refractivity contribution in [2.45, 2.75) is 44.2 Å². The number of nitriles is 1. The van der Waals surface area contributed by atoms with E-state index in [-0.39, 0.29) is 12.1 Å². The lowest BCUT2D eigenvalue weighted by Crippen LogP contribution is -2.50. The largest absolute Gasteiger partial charge is 0.465 e. The summed E-state index contributed by atoms with van der Waals surface area (Å²) in [5.74, 6) is 0. The van der Waals surface area contributed by atoms with E-state index in [1.54, 1.807) is 4.90 Å². The number of fused-ring (bicyclic) bond motifs is 2. The van der Waals surface area contributed by atoms with Gasteiger partial charge in [0.25, 0.3) is 0 Å². The van der Waals surface area contributed by atoms with E-state index in [0.717, 1.165) is 22.9 Å². The third-order valence-electron chi connectivity index (χ3n) is 4.82. The molecule has 1 amide bonds. The van der Waals surface area contributed by atoms with Crippen LogP contribution in [0, 0.1) is 16.7 Å². The predicted octanol–water partition coefficient (Wildman–Crippen LogP) is 3.81. The molecule has 4 nitrogen and oxygen atoms in total. The number of piperidine rings is 1. The molecule has 2 heterocycles. The Morgan fingerprint density at radius 3 is 2.52 bits per heavy atom. The highest BCUT2D eigenvalue weighted by Gasteiger charge is 2.50. The van der Waals surface area contributed by atoms with Gasteiger partial charge in [-0.1, -0.05) is 34.1 Å². The average Bonchev–Trinajstić information content (AvgIpc) is 2.74. The number of carboxylic acid groups (broad SMARTS) is 1. The van der Waals surface area contributed by atoms with Crippen molar-refractivity contribution in [3.05, 3.63) is 34.3 Å². The molecule has 0 saturated carbocycles. The normalized spacial score (nSPS) is 31.0. The van der Waals surface area contributed by atoms with Crippen LogP contribution in [-0.2, 0) is 6.42 Å². The van der Waals surface area contributed by atoms with Crippen molar-refractivity contribution >= 4 is 22.0 Å². The summed E-state index contributed by atoms with van der Waals surface area (Å²) < 4.78 is 1.02. The summed E-state index contributed by atoms with van der Waals surface area (Å²) in [7, 11) is 0. The second kappa shape index (κ2) is 5.34. The Hall–Kier alpha value is -1.54. The predicted molar refractivity (Wildman–Crippen MR) is 81.8 cm³/mol. The van der Waals surface area contributed by atoms with Crippen molar-refractivity contribution in [2.24, 2.45) is 5.41 Å². The maximum absolute atomic E-state index is 11.4. The van der Waals surface area contributed by atoms with Crippen LogP contribution in [0.25, 0.3) is 0 Å². The number of halogens is 1. The van der Waals surface area contributed by atoms with Gasteiger partial charge in [-0.05, 0) is 43.7 Å². The summed E-state index contributed by atoms with van der Waals surface area (Å²) in [6.45, 7) is 0. The highest BCUT2D eigenvalue weighted by molar-refractivity contribution is 9.10. The SMILES string of the molecule is N#C[C@]1(Cc2ccccc2Br)C[C@H]2CC[C@@H](C1)N2C(=O)O. The van der Waals surface area contributed by atoms with Crippen molar-refractivity contribution in [1.82, 2.24) is 4.90 Å². The number of rotatable bonds is 2. The van der Waals surface area contributed by atoms with E-state index in [1.165, 1.54) is 0 Å².